The molecule has 0 N–H and O–H groups in total. The van der Waals surface area contributed by atoms with Crippen LogP contribution in [0.25, 0.3) is 53.9 Å². The van der Waals surface area contributed by atoms with Crippen molar-refractivity contribution in [2.45, 2.75) is 71.1 Å². The van der Waals surface area contributed by atoms with E-state index >= 15 is 0 Å². The van der Waals surface area contributed by atoms with Crippen LogP contribution in [0.2, 0.25) is 0 Å². The quantitative estimate of drug-likeness (QED) is 0.111. The van der Waals surface area contributed by atoms with Crippen LogP contribution in [0.3, 0.4) is 0 Å². The Bertz CT molecular complexity index is 4300. The van der Waals surface area contributed by atoms with Crippen molar-refractivity contribution < 1.29 is 0 Å². The van der Waals surface area contributed by atoms with Gasteiger partial charge in [0.1, 0.15) is 0 Å². The molecule has 80 heavy (non-hydrogen) atoms. The smallest absolute Gasteiger partial charge is 0.264 e. The SMILES string of the molecule is Cc1cc2c3c(c1)N(c1ccc(C(C)(C)C)cc1)c1c(sc4ccc(-c5ccccc5)cc14)B3c1ccc(N(c3ccccc3)c3ccccc3)cc1N2c1ccc(C2CCCCC2)cc1-c1cc2ccccc2c2ccccc12. The van der Waals surface area contributed by atoms with Crippen molar-refractivity contribution in [2.24, 2.45) is 0 Å². The molecule has 2 aliphatic heterocycles. The molecule has 1 aromatic heterocycles. The molecular formula is C75H62BN3S. The summed E-state index contributed by atoms with van der Waals surface area (Å²) in [5, 5.41) is 6.38. The van der Waals surface area contributed by atoms with Crippen LogP contribution < -0.4 is 30.4 Å². The zero-order valence-corrected chi connectivity index (χ0v) is 46.8. The van der Waals surface area contributed by atoms with E-state index in [-0.39, 0.29) is 12.1 Å². The first-order valence-electron chi connectivity index (χ1n) is 28.8. The summed E-state index contributed by atoms with van der Waals surface area (Å²) in [5.74, 6) is 0.525. The number of fused-ring (bicyclic) bond motifs is 9. The maximum atomic E-state index is 2.69. The first-order chi connectivity index (χ1) is 39.2. The molecule has 0 spiro atoms. The van der Waals surface area contributed by atoms with Gasteiger partial charge in [-0.05, 0) is 188 Å². The van der Waals surface area contributed by atoms with Gasteiger partial charge in [0.05, 0.1) is 11.4 Å². The molecule has 0 unspecified atom stereocenters. The van der Waals surface area contributed by atoms with Gasteiger partial charge in [0.15, 0.2) is 0 Å². The van der Waals surface area contributed by atoms with Gasteiger partial charge in [-0.15, -0.1) is 11.3 Å². The van der Waals surface area contributed by atoms with Crippen LogP contribution in [0.1, 0.15) is 75.5 Å². The second-order valence-electron chi connectivity index (χ2n) is 23.6. The zero-order valence-electron chi connectivity index (χ0n) is 46.0. The molecular weight excluding hydrogens is 986 g/mol. The van der Waals surface area contributed by atoms with E-state index in [1.807, 2.05) is 11.3 Å². The topological polar surface area (TPSA) is 9.72 Å². The molecule has 0 atom stereocenters. The summed E-state index contributed by atoms with van der Waals surface area (Å²) in [4.78, 5) is 7.75. The van der Waals surface area contributed by atoms with Crippen molar-refractivity contribution in [2.75, 3.05) is 14.7 Å². The van der Waals surface area contributed by atoms with E-state index in [0.717, 1.165) is 17.1 Å². The Morgan fingerprint density at radius 1 is 0.475 bits per heavy atom. The van der Waals surface area contributed by atoms with Crippen molar-refractivity contribution >= 4 is 117 Å². The van der Waals surface area contributed by atoms with Crippen molar-refractivity contribution in [3.8, 4) is 22.3 Å². The molecule has 5 heteroatoms. The minimum absolute atomic E-state index is 0.0130. The van der Waals surface area contributed by atoms with E-state index in [1.54, 1.807) is 0 Å². The lowest BCUT2D eigenvalue weighted by molar-refractivity contribution is 0.444. The van der Waals surface area contributed by atoms with Crippen LogP contribution in [0.5, 0.6) is 0 Å². The van der Waals surface area contributed by atoms with Gasteiger partial charge in [0.2, 0.25) is 0 Å². The minimum Gasteiger partial charge on any atom is -0.311 e. The van der Waals surface area contributed by atoms with Crippen LogP contribution in [0.4, 0.5) is 51.2 Å². The third-order valence-corrected chi connectivity index (χ3v) is 18.8. The lowest BCUT2D eigenvalue weighted by atomic mass is 9.36. The predicted octanol–water partition coefficient (Wildman–Crippen LogP) is 19.7. The molecule has 386 valence electrons. The summed E-state index contributed by atoms with van der Waals surface area (Å²) in [6, 6.07) is 89.8. The highest BCUT2D eigenvalue weighted by Crippen LogP contribution is 2.53. The maximum absolute atomic E-state index is 2.69. The first-order valence-corrected chi connectivity index (χ1v) is 29.6. The second kappa shape index (κ2) is 19.3. The molecule has 3 nitrogen and oxygen atoms in total. The fraction of sp³-hybridized carbons (Fsp3) is 0.147. The minimum atomic E-state index is -0.0491. The molecule has 1 fully saturated rings. The van der Waals surface area contributed by atoms with Crippen molar-refractivity contribution in [3.63, 3.8) is 0 Å². The lowest BCUT2D eigenvalue weighted by Gasteiger charge is -2.44. The van der Waals surface area contributed by atoms with Gasteiger partial charge >= 0.3 is 0 Å². The Morgan fingerprint density at radius 3 is 1.84 bits per heavy atom. The summed E-state index contributed by atoms with van der Waals surface area (Å²) in [5.41, 5.74) is 22.3. The summed E-state index contributed by atoms with van der Waals surface area (Å²) in [6.07, 6.45) is 6.33. The predicted molar refractivity (Wildman–Crippen MR) is 346 cm³/mol. The first kappa shape index (κ1) is 48.5. The number of hydrogen-bond acceptors (Lipinski definition) is 4. The number of anilines is 9. The Hall–Kier alpha value is -8.64. The van der Waals surface area contributed by atoms with Crippen molar-refractivity contribution in [3.05, 3.63) is 253 Å². The highest BCUT2D eigenvalue weighted by molar-refractivity contribution is 7.33. The van der Waals surface area contributed by atoms with Crippen LogP contribution >= 0.6 is 11.3 Å². The van der Waals surface area contributed by atoms with E-state index in [9.17, 15) is 0 Å². The number of para-hydroxylation sites is 2. The van der Waals surface area contributed by atoms with Gasteiger partial charge < -0.3 is 14.7 Å². The van der Waals surface area contributed by atoms with Crippen molar-refractivity contribution in [1.82, 2.24) is 0 Å². The van der Waals surface area contributed by atoms with Gasteiger partial charge in [0.25, 0.3) is 6.71 Å². The summed E-state index contributed by atoms with van der Waals surface area (Å²) < 4.78 is 2.66. The lowest BCUT2D eigenvalue weighted by Crippen LogP contribution is -2.60. The molecule has 11 aromatic carbocycles. The van der Waals surface area contributed by atoms with Crippen LogP contribution in [0.15, 0.2) is 237 Å². The Balaban J connectivity index is 1.05. The number of benzene rings is 11. The van der Waals surface area contributed by atoms with E-state index < -0.39 is 0 Å². The van der Waals surface area contributed by atoms with E-state index in [0.29, 0.717) is 5.92 Å². The highest BCUT2D eigenvalue weighted by Gasteiger charge is 2.46. The number of aryl methyl sites for hydroxylation is 1. The number of rotatable bonds is 8. The highest BCUT2D eigenvalue weighted by atomic mass is 32.1. The van der Waals surface area contributed by atoms with Crippen LogP contribution in [-0.2, 0) is 5.41 Å². The van der Waals surface area contributed by atoms with Gasteiger partial charge in [0, 0.05) is 60.2 Å². The standard InChI is InChI=1S/C75H62BN3S/c1-49-43-69-72-70(44-49)79(67-41-33-52(50-21-9-5-10-22-50)45-64(67)63-47-54-25-17-18-30-60(54)61-31-19-20-32-62(61)63)68-48-59(77(56-26-13-7-14-27-56)57-28-15-8-16-29-57)39-40-66(68)76(72)74-73(78(69)58-37-35-55(36-38-58)75(2,3)4)65-46-53(34-42-71(65)80-74)51-23-11-6-12-24-51/h6-8,11-20,23-48,50H,5,9-10,21-22H2,1-4H3. The van der Waals surface area contributed by atoms with Gasteiger partial charge in [-0.25, -0.2) is 0 Å². The molecule has 0 bridgehead atoms. The summed E-state index contributed by atoms with van der Waals surface area (Å²) >= 11 is 1.97. The van der Waals surface area contributed by atoms with E-state index in [4.69, 9.17) is 0 Å². The Kier molecular flexibility index (Phi) is 11.7. The molecule has 3 heterocycles. The van der Waals surface area contributed by atoms with E-state index in [2.05, 4.69) is 279 Å². The molecule has 0 amide bonds. The zero-order chi connectivity index (χ0) is 53.6. The number of thiophene rings is 1. The largest absolute Gasteiger partial charge is 0.311 e. The van der Waals surface area contributed by atoms with Gasteiger partial charge in [-0.3, -0.25) is 0 Å². The summed E-state index contributed by atoms with van der Waals surface area (Å²) in [6.45, 7) is 9.20. The molecule has 0 radical (unpaired) electrons. The molecule has 1 saturated carbocycles. The Labute approximate surface area is 475 Å². The maximum Gasteiger partial charge on any atom is 0.264 e. The monoisotopic (exact) mass is 1050 g/mol. The van der Waals surface area contributed by atoms with Crippen LogP contribution in [0, 0.1) is 6.92 Å². The third kappa shape index (κ3) is 8.08. The molecule has 15 rings (SSSR count). The van der Waals surface area contributed by atoms with Crippen LogP contribution in [-0.4, -0.2) is 6.71 Å². The number of hydrogen-bond donors (Lipinski definition) is 0. The van der Waals surface area contributed by atoms with Gasteiger partial charge in [-0.2, -0.15) is 0 Å². The fourth-order valence-electron chi connectivity index (χ4n) is 13.7. The van der Waals surface area contributed by atoms with Crippen molar-refractivity contribution in [1.29, 1.82) is 0 Å². The molecule has 1 aliphatic carbocycles. The fourth-order valence-corrected chi connectivity index (χ4v) is 15.0. The average molecular weight is 1050 g/mol. The average Bonchev–Trinajstić information content (AvgIpc) is 3.42. The normalized spacial score (nSPS) is 14.1. The summed E-state index contributed by atoms with van der Waals surface area (Å²) in [7, 11) is 0. The Morgan fingerprint density at radius 2 is 1.12 bits per heavy atom. The molecule has 3 aliphatic rings. The second-order valence-corrected chi connectivity index (χ2v) is 24.6. The van der Waals surface area contributed by atoms with Gasteiger partial charge in [-0.1, -0.05) is 186 Å². The molecule has 0 saturated heterocycles. The number of nitrogens with zero attached hydrogens (tertiary/aromatic N) is 3. The third-order valence-electron chi connectivity index (χ3n) is 17.6. The van der Waals surface area contributed by atoms with E-state index in [1.165, 1.54) is 153 Å². The molecule has 12 aromatic rings.